The predicted molar refractivity (Wildman–Crippen MR) is 102 cm³/mol. The van der Waals surface area contributed by atoms with Gasteiger partial charge in [-0.2, -0.15) is 0 Å². The van der Waals surface area contributed by atoms with E-state index < -0.39 is 7.60 Å². The Bertz CT molecular complexity index is 856. The molecule has 0 aliphatic carbocycles. The van der Waals surface area contributed by atoms with Crippen LogP contribution in [-0.4, -0.2) is 4.89 Å². The van der Waals surface area contributed by atoms with E-state index in [1.165, 1.54) is 5.56 Å². The highest BCUT2D eigenvalue weighted by Gasteiger charge is 2.24. The summed E-state index contributed by atoms with van der Waals surface area (Å²) in [5.74, 6) is 0.379. The molecule has 0 saturated carbocycles. The Morgan fingerprint density at radius 2 is 1.40 bits per heavy atom. The first-order valence-corrected chi connectivity index (χ1v) is 9.93. The lowest BCUT2D eigenvalue weighted by Crippen LogP contribution is -2.08. The van der Waals surface area contributed by atoms with E-state index in [2.05, 4.69) is 31.2 Å². The molecule has 3 aromatic carbocycles. The maximum Gasteiger partial charge on any atom is 0.408 e. The zero-order valence-electron chi connectivity index (χ0n) is 14.1. The SMILES string of the molecule is CCCc1ccc(-c2ccc(P(=O)(O)Oc3ccccc3)cc2)cc1. The minimum Gasteiger partial charge on any atom is -0.421 e. The zero-order chi connectivity index (χ0) is 17.7. The second kappa shape index (κ2) is 7.69. The quantitative estimate of drug-likeness (QED) is 0.621. The van der Waals surface area contributed by atoms with Crippen molar-refractivity contribution in [3.8, 4) is 16.9 Å². The Morgan fingerprint density at radius 3 is 1.96 bits per heavy atom. The zero-order valence-corrected chi connectivity index (χ0v) is 15.0. The molecule has 0 bridgehead atoms. The molecule has 0 saturated heterocycles. The monoisotopic (exact) mass is 352 g/mol. The number of hydrogen-bond donors (Lipinski definition) is 1. The molecule has 128 valence electrons. The van der Waals surface area contributed by atoms with E-state index in [1.807, 2.05) is 18.2 Å². The number of benzene rings is 3. The summed E-state index contributed by atoms with van der Waals surface area (Å²) in [5, 5.41) is 0.280. The van der Waals surface area contributed by atoms with Gasteiger partial charge in [0, 0.05) is 0 Å². The van der Waals surface area contributed by atoms with Crippen LogP contribution in [0.2, 0.25) is 0 Å². The molecule has 3 rings (SSSR count). The van der Waals surface area contributed by atoms with Gasteiger partial charge in [0.1, 0.15) is 5.75 Å². The molecule has 0 aliphatic rings. The van der Waals surface area contributed by atoms with E-state index >= 15 is 0 Å². The van der Waals surface area contributed by atoms with Gasteiger partial charge in [0.05, 0.1) is 5.30 Å². The van der Waals surface area contributed by atoms with Crippen molar-refractivity contribution in [2.75, 3.05) is 0 Å². The Kier molecular flexibility index (Phi) is 5.37. The molecule has 25 heavy (non-hydrogen) atoms. The molecular weight excluding hydrogens is 331 g/mol. The summed E-state index contributed by atoms with van der Waals surface area (Å²) in [7, 11) is -3.90. The van der Waals surface area contributed by atoms with Gasteiger partial charge < -0.3 is 9.42 Å². The van der Waals surface area contributed by atoms with Gasteiger partial charge in [-0.25, -0.2) is 4.57 Å². The summed E-state index contributed by atoms with van der Waals surface area (Å²) >= 11 is 0. The van der Waals surface area contributed by atoms with Crippen LogP contribution >= 0.6 is 7.60 Å². The lowest BCUT2D eigenvalue weighted by atomic mass is 10.0. The molecule has 0 radical (unpaired) electrons. The van der Waals surface area contributed by atoms with Crippen molar-refractivity contribution in [1.29, 1.82) is 0 Å². The van der Waals surface area contributed by atoms with Crippen LogP contribution in [0.5, 0.6) is 5.75 Å². The number of aryl methyl sites for hydroxylation is 1. The minimum atomic E-state index is -3.90. The van der Waals surface area contributed by atoms with E-state index in [0.717, 1.165) is 24.0 Å². The van der Waals surface area contributed by atoms with Crippen molar-refractivity contribution in [2.45, 2.75) is 19.8 Å². The lowest BCUT2D eigenvalue weighted by Gasteiger charge is -2.14. The summed E-state index contributed by atoms with van der Waals surface area (Å²) in [6.45, 7) is 2.16. The summed E-state index contributed by atoms with van der Waals surface area (Å²) in [5.41, 5.74) is 3.41. The Balaban J connectivity index is 1.78. The van der Waals surface area contributed by atoms with E-state index in [9.17, 15) is 9.46 Å². The molecule has 0 heterocycles. The topological polar surface area (TPSA) is 46.5 Å². The van der Waals surface area contributed by atoms with Gasteiger partial charge in [-0.1, -0.05) is 67.9 Å². The Labute approximate surface area is 148 Å². The van der Waals surface area contributed by atoms with Crippen molar-refractivity contribution >= 4 is 12.9 Å². The lowest BCUT2D eigenvalue weighted by molar-refractivity contribution is 0.393. The van der Waals surface area contributed by atoms with Crippen LogP contribution in [0.25, 0.3) is 11.1 Å². The molecule has 4 heteroatoms. The molecule has 0 amide bonds. The molecular formula is C21H21O3P. The van der Waals surface area contributed by atoms with E-state index in [1.54, 1.807) is 36.4 Å². The highest BCUT2D eigenvalue weighted by Crippen LogP contribution is 2.41. The number of hydrogen-bond acceptors (Lipinski definition) is 2. The van der Waals surface area contributed by atoms with Crippen LogP contribution in [0, 0.1) is 0 Å². The summed E-state index contributed by atoms with van der Waals surface area (Å²) in [6, 6.07) is 24.1. The van der Waals surface area contributed by atoms with E-state index in [4.69, 9.17) is 4.52 Å². The van der Waals surface area contributed by atoms with Crippen molar-refractivity contribution in [3.63, 3.8) is 0 Å². The van der Waals surface area contributed by atoms with Crippen molar-refractivity contribution in [2.24, 2.45) is 0 Å². The normalized spacial score (nSPS) is 13.2. The molecule has 1 N–H and O–H groups in total. The summed E-state index contributed by atoms with van der Waals surface area (Å²) in [6.07, 6.45) is 2.20. The highest BCUT2D eigenvalue weighted by atomic mass is 31.2. The van der Waals surface area contributed by atoms with Crippen LogP contribution in [0.1, 0.15) is 18.9 Å². The summed E-state index contributed by atoms with van der Waals surface area (Å²) < 4.78 is 17.8. The maximum atomic E-state index is 12.5. The van der Waals surface area contributed by atoms with Crippen molar-refractivity contribution < 1.29 is 14.0 Å². The van der Waals surface area contributed by atoms with Crippen LogP contribution in [0.15, 0.2) is 78.9 Å². The van der Waals surface area contributed by atoms with Crippen LogP contribution in [-0.2, 0) is 11.0 Å². The molecule has 0 aromatic heterocycles. The molecule has 0 spiro atoms. The Morgan fingerprint density at radius 1 is 0.840 bits per heavy atom. The van der Waals surface area contributed by atoms with E-state index in [0.29, 0.717) is 5.75 Å². The fraction of sp³-hybridized carbons (Fsp3) is 0.143. The number of rotatable bonds is 6. The average molecular weight is 352 g/mol. The molecule has 0 fully saturated rings. The minimum absolute atomic E-state index is 0.280. The van der Waals surface area contributed by atoms with Gasteiger partial charge in [0.25, 0.3) is 0 Å². The van der Waals surface area contributed by atoms with Gasteiger partial charge in [0.2, 0.25) is 0 Å². The van der Waals surface area contributed by atoms with E-state index in [-0.39, 0.29) is 5.30 Å². The third kappa shape index (κ3) is 4.39. The van der Waals surface area contributed by atoms with Crippen molar-refractivity contribution in [1.82, 2.24) is 0 Å². The first kappa shape index (κ1) is 17.5. The molecule has 3 aromatic rings. The summed E-state index contributed by atoms with van der Waals surface area (Å²) in [4.78, 5) is 10.2. The fourth-order valence-electron chi connectivity index (χ4n) is 2.67. The van der Waals surface area contributed by atoms with Crippen LogP contribution in [0.3, 0.4) is 0 Å². The van der Waals surface area contributed by atoms with Gasteiger partial charge >= 0.3 is 7.60 Å². The van der Waals surface area contributed by atoms with Gasteiger partial charge in [-0.3, -0.25) is 0 Å². The maximum absolute atomic E-state index is 12.5. The first-order chi connectivity index (χ1) is 12.1. The average Bonchev–Trinajstić information content (AvgIpc) is 2.63. The largest absolute Gasteiger partial charge is 0.421 e. The first-order valence-electron chi connectivity index (χ1n) is 8.36. The van der Waals surface area contributed by atoms with Gasteiger partial charge in [0.15, 0.2) is 0 Å². The van der Waals surface area contributed by atoms with Crippen LogP contribution < -0.4 is 9.83 Å². The van der Waals surface area contributed by atoms with Gasteiger partial charge in [-0.15, -0.1) is 0 Å². The second-order valence-electron chi connectivity index (χ2n) is 5.92. The highest BCUT2D eigenvalue weighted by molar-refractivity contribution is 7.61. The third-order valence-electron chi connectivity index (χ3n) is 3.99. The predicted octanol–water partition coefficient (Wildman–Crippen LogP) is 5.20. The second-order valence-corrected chi connectivity index (χ2v) is 7.66. The molecule has 1 unspecified atom stereocenters. The molecule has 0 aliphatic heterocycles. The fourth-order valence-corrected chi connectivity index (χ4v) is 3.71. The molecule has 1 atom stereocenters. The Hall–Kier alpha value is -2.35. The standard InChI is InChI=1S/C21H21O3P/c1-2-6-17-9-11-18(12-10-17)19-13-15-21(16-14-19)25(22,23)24-20-7-4-3-5-8-20/h3-5,7-16H,2,6H2,1H3,(H,22,23). The smallest absolute Gasteiger partial charge is 0.408 e. The van der Waals surface area contributed by atoms with Crippen LogP contribution in [0.4, 0.5) is 0 Å². The third-order valence-corrected chi connectivity index (χ3v) is 5.40. The molecule has 3 nitrogen and oxygen atoms in total. The number of para-hydroxylation sites is 1. The van der Waals surface area contributed by atoms with Crippen molar-refractivity contribution in [3.05, 3.63) is 84.4 Å². The van der Waals surface area contributed by atoms with Gasteiger partial charge in [-0.05, 0) is 47.4 Å².